The van der Waals surface area contributed by atoms with Gasteiger partial charge in [0.15, 0.2) is 6.20 Å². The Balaban J connectivity index is 2.72. The largest absolute Gasteiger partial charge is 0.212 e. The molecule has 2 rings (SSSR count). The predicted octanol–water partition coefficient (Wildman–Crippen LogP) is 6.38. The minimum absolute atomic E-state index is 0.116. The van der Waals surface area contributed by atoms with Crippen molar-refractivity contribution in [2.45, 2.75) is 85.5 Å². The maximum atomic E-state index is 2.42. The molecule has 0 saturated heterocycles. The lowest BCUT2D eigenvalue weighted by atomic mass is 9.75. The Kier molecular flexibility index (Phi) is 5.18. The van der Waals surface area contributed by atoms with Gasteiger partial charge in [-0.05, 0) is 45.9 Å². The molecule has 2 aromatic rings. The molecule has 0 aliphatic heterocycles. The quantitative estimate of drug-likeness (QED) is 0.524. The Labute approximate surface area is 161 Å². The first kappa shape index (κ1) is 20.7. The highest BCUT2D eigenvalue weighted by molar-refractivity contribution is 5.63. The van der Waals surface area contributed by atoms with Crippen LogP contribution in [0.3, 0.4) is 0 Å². The molecule has 0 aliphatic rings. The van der Waals surface area contributed by atoms with Crippen LogP contribution in [0.25, 0.3) is 11.3 Å². The average molecular weight is 353 g/mol. The van der Waals surface area contributed by atoms with Crippen molar-refractivity contribution in [3.05, 3.63) is 52.7 Å². The molecule has 142 valence electrons. The molecular formula is C25H38N+. The first-order valence-corrected chi connectivity index (χ1v) is 9.78. The lowest BCUT2D eigenvalue weighted by Crippen LogP contribution is -2.36. The summed E-state index contributed by atoms with van der Waals surface area (Å²) in [6, 6.07) is 9.36. The van der Waals surface area contributed by atoms with E-state index in [0.717, 1.165) is 0 Å². The normalized spacial score (nSPS) is 13.2. The lowest BCUT2D eigenvalue weighted by molar-refractivity contribution is -0.661. The van der Waals surface area contributed by atoms with E-state index in [1.54, 1.807) is 0 Å². The van der Waals surface area contributed by atoms with E-state index in [4.69, 9.17) is 0 Å². The van der Waals surface area contributed by atoms with Gasteiger partial charge >= 0.3 is 0 Å². The Morgan fingerprint density at radius 2 is 1.23 bits per heavy atom. The standard InChI is InChI=1S/C25H38N/c1-17-14-18(23(2,3)4)12-13-19(17)22-15-20(24(5,6)7)21(16-26(22)11)25(8,9)10/h12-16H,1-11H3/q+1. The van der Waals surface area contributed by atoms with Crippen molar-refractivity contribution >= 4 is 0 Å². The zero-order chi connectivity index (χ0) is 20.1. The molecule has 1 heterocycles. The van der Waals surface area contributed by atoms with Crippen LogP contribution in [0, 0.1) is 6.92 Å². The minimum Gasteiger partial charge on any atom is -0.201 e. The van der Waals surface area contributed by atoms with Crippen LogP contribution in [-0.4, -0.2) is 0 Å². The smallest absolute Gasteiger partial charge is 0.201 e. The van der Waals surface area contributed by atoms with Gasteiger partial charge in [0.1, 0.15) is 7.05 Å². The van der Waals surface area contributed by atoms with Crippen LogP contribution in [0.15, 0.2) is 30.5 Å². The fraction of sp³-hybridized carbons (Fsp3) is 0.560. The second-order valence-corrected chi connectivity index (χ2v) is 10.9. The lowest BCUT2D eigenvalue weighted by Gasteiger charge is -2.29. The summed E-state index contributed by atoms with van der Waals surface area (Å²) in [5.74, 6) is 0. The van der Waals surface area contributed by atoms with E-state index in [-0.39, 0.29) is 16.2 Å². The van der Waals surface area contributed by atoms with Crippen molar-refractivity contribution in [3.8, 4) is 11.3 Å². The molecule has 0 saturated carbocycles. The van der Waals surface area contributed by atoms with Gasteiger partial charge in [0.25, 0.3) is 0 Å². The van der Waals surface area contributed by atoms with E-state index in [0.29, 0.717) is 0 Å². The molecule has 26 heavy (non-hydrogen) atoms. The Bertz CT molecular complexity index is 806. The van der Waals surface area contributed by atoms with Gasteiger partial charge in [0.05, 0.1) is 0 Å². The van der Waals surface area contributed by atoms with Crippen LogP contribution >= 0.6 is 0 Å². The second kappa shape index (κ2) is 6.51. The van der Waals surface area contributed by atoms with E-state index in [2.05, 4.69) is 111 Å². The van der Waals surface area contributed by atoms with Gasteiger partial charge < -0.3 is 0 Å². The molecule has 0 fully saturated rings. The monoisotopic (exact) mass is 352 g/mol. The number of hydrogen-bond donors (Lipinski definition) is 0. The summed E-state index contributed by atoms with van der Waals surface area (Å²) in [5.41, 5.74) is 8.65. The highest BCUT2D eigenvalue weighted by Crippen LogP contribution is 2.36. The Morgan fingerprint density at radius 3 is 1.65 bits per heavy atom. The van der Waals surface area contributed by atoms with Crippen LogP contribution in [0.2, 0.25) is 0 Å². The van der Waals surface area contributed by atoms with Crippen molar-refractivity contribution in [2.24, 2.45) is 7.05 Å². The van der Waals surface area contributed by atoms with E-state index in [1.165, 1.54) is 33.5 Å². The van der Waals surface area contributed by atoms with Crippen molar-refractivity contribution < 1.29 is 4.57 Å². The molecule has 0 atom stereocenters. The zero-order valence-corrected chi connectivity index (χ0v) is 18.8. The van der Waals surface area contributed by atoms with Gasteiger partial charge in [-0.3, -0.25) is 0 Å². The van der Waals surface area contributed by atoms with Crippen molar-refractivity contribution in [1.29, 1.82) is 0 Å². The average Bonchev–Trinajstić information content (AvgIpc) is 2.44. The number of hydrogen-bond acceptors (Lipinski definition) is 0. The third-order valence-corrected chi connectivity index (χ3v) is 5.26. The molecule has 0 amide bonds. The third-order valence-electron chi connectivity index (χ3n) is 5.26. The van der Waals surface area contributed by atoms with E-state index in [9.17, 15) is 0 Å². The Morgan fingerprint density at radius 1 is 0.692 bits per heavy atom. The number of aryl methyl sites for hydroxylation is 2. The second-order valence-electron chi connectivity index (χ2n) is 10.9. The van der Waals surface area contributed by atoms with Crippen LogP contribution in [0.4, 0.5) is 0 Å². The highest BCUT2D eigenvalue weighted by atomic mass is 14.9. The molecule has 0 radical (unpaired) electrons. The number of benzene rings is 1. The van der Waals surface area contributed by atoms with Gasteiger partial charge in [-0.1, -0.05) is 74.4 Å². The van der Waals surface area contributed by atoms with Crippen LogP contribution in [-0.2, 0) is 23.3 Å². The van der Waals surface area contributed by atoms with E-state index < -0.39 is 0 Å². The summed E-state index contributed by atoms with van der Waals surface area (Å²) >= 11 is 0. The zero-order valence-electron chi connectivity index (χ0n) is 18.8. The molecule has 0 unspecified atom stereocenters. The van der Waals surface area contributed by atoms with Gasteiger partial charge in [0.2, 0.25) is 5.69 Å². The number of pyridine rings is 1. The topological polar surface area (TPSA) is 3.88 Å². The molecular weight excluding hydrogens is 314 g/mol. The maximum absolute atomic E-state index is 2.42. The van der Waals surface area contributed by atoms with Gasteiger partial charge in [-0.25, -0.2) is 4.57 Å². The first-order chi connectivity index (χ1) is 11.6. The molecule has 1 aromatic carbocycles. The van der Waals surface area contributed by atoms with Crippen molar-refractivity contribution in [1.82, 2.24) is 0 Å². The summed E-state index contributed by atoms with van der Waals surface area (Å²) < 4.78 is 2.30. The summed E-state index contributed by atoms with van der Waals surface area (Å²) in [7, 11) is 2.17. The van der Waals surface area contributed by atoms with Crippen LogP contribution < -0.4 is 4.57 Å². The molecule has 0 aliphatic carbocycles. The molecule has 0 bridgehead atoms. The molecule has 1 nitrogen and oxygen atoms in total. The summed E-state index contributed by atoms with van der Waals surface area (Å²) in [5, 5.41) is 0. The molecule has 0 N–H and O–H groups in total. The Hall–Kier alpha value is -1.63. The minimum atomic E-state index is 0.116. The fourth-order valence-electron chi connectivity index (χ4n) is 3.55. The van der Waals surface area contributed by atoms with E-state index in [1.807, 2.05) is 0 Å². The maximum Gasteiger partial charge on any atom is 0.212 e. The summed E-state index contributed by atoms with van der Waals surface area (Å²) in [4.78, 5) is 0. The number of nitrogens with zero attached hydrogens (tertiary/aromatic N) is 1. The highest BCUT2D eigenvalue weighted by Gasteiger charge is 2.30. The fourth-order valence-corrected chi connectivity index (χ4v) is 3.55. The summed E-state index contributed by atoms with van der Waals surface area (Å²) in [6.07, 6.45) is 2.34. The number of rotatable bonds is 1. The predicted molar refractivity (Wildman–Crippen MR) is 114 cm³/mol. The molecule has 0 spiro atoms. The summed E-state index contributed by atoms with van der Waals surface area (Å²) in [6.45, 7) is 22.9. The van der Waals surface area contributed by atoms with Crippen LogP contribution in [0.5, 0.6) is 0 Å². The molecule has 1 aromatic heterocycles. The van der Waals surface area contributed by atoms with Crippen molar-refractivity contribution in [3.63, 3.8) is 0 Å². The number of aromatic nitrogens is 1. The van der Waals surface area contributed by atoms with E-state index >= 15 is 0 Å². The van der Waals surface area contributed by atoms with Gasteiger partial charge in [-0.2, -0.15) is 0 Å². The van der Waals surface area contributed by atoms with Gasteiger partial charge in [-0.15, -0.1) is 0 Å². The van der Waals surface area contributed by atoms with Crippen LogP contribution in [0.1, 0.15) is 84.6 Å². The van der Waals surface area contributed by atoms with Gasteiger partial charge in [0, 0.05) is 17.2 Å². The molecule has 1 heteroatoms. The third kappa shape index (κ3) is 4.19. The SMILES string of the molecule is Cc1cc(C(C)(C)C)ccc1-c1cc(C(C)(C)C)c(C(C)(C)C)c[n+]1C. The first-order valence-electron chi connectivity index (χ1n) is 9.78. The van der Waals surface area contributed by atoms with Crippen molar-refractivity contribution in [2.75, 3.05) is 0 Å².